The van der Waals surface area contributed by atoms with Gasteiger partial charge in [0.15, 0.2) is 0 Å². The van der Waals surface area contributed by atoms with E-state index >= 15 is 0 Å². The number of anilines is 1. The van der Waals surface area contributed by atoms with Gasteiger partial charge in [0.1, 0.15) is 0 Å². The summed E-state index contributed by atoms with van der Waals surface area (Å²) in [6.45, 7) is 8.87. The van der Waals surface area contributed by atoms with Gasteiger partial charge in [-0.15, -0.1) is 0 Å². The minimum Gasteiger partial charge on any atom is -0.390 e. The summed E-state index contributed by atoms with van der Waals surface area (Å²) in [5.41, 5.74) is 2.73. The molecule has 0 saturated heterocycles. The first kappa shape index (κ1) is 14.4. The molecule has 106 valence electrons. The van der Waals surface area contributed by atoms with Crippen LogP contribution in [-0.4, -0.2) is 48.8 Å². The van der Waals surface area contributed by atoms with E-state index in [1.54, 1.807) is 0 Å². The number of nitrogens with zero attached hydrogens (tertiary/aromatic N) is 2. The van der Waals surface area contributed by atoms with Gasteiger partial charge in [-0.1, -0.05) is 32.0 Å². The smallest absolute Gasteiger partial charge is 0.0841 e. The number of para-hydroxylation sites is 1. The molecule has 1 N–H and O–H groups in total. The maximum Gasteiger partial charge on any atom is 0.0841 e. The number of hydrogen-bond acceptors (Lipinski definition) is 3. The van der Waals surface area contributed by atoms with Gasteiger partial charge in [-0.05, 0) is 37.6 Å². The highest BCUT2D eigenvalue weighted by Crippen LogP contribution is 2.26. The van der Waals surface area contributed by atoms with Crippen molar-refractivity contribution in [3.8, 4) is 0 Å². The lowest BCUT2D eigenvalue weighted by Gasteiger charge is -2.34. The van der Waals surface area contributed by atoms with E-state index in [-0.39, 0.29) is 6.10 Å². The zero-order valence-corrected chi connectivity index (χ0v) is 12.2. The van der Waals surface area contributed by atoms with Crippen LogP contribution >= 0.6 is 0 Å². The van der Waals surface area contributed by atoms with Crippen molar-refractivity contribution in [2.75, 3.05) is 37.6 Å². The number of aryl methyl sites for hydroxylation is 1. The van der Waals surface area contributed by atoms with Crippen LogP contribution in [0.25, 0.3) is 0 Å². The molecule has 19 heavy (non-hydrogen) atoms. The number of rotatable bonds is 6. The van der Waals surface area contributed by atoms with Gasteiger partial charge >= 0.3 is 0 Å². The predicted molar refractivity (Wildman–Crippen MR) is 80.8 cm³/mol. The van der Waals surface area contributed by atoms with Crippen LogP contribution in [-0.2, 0) is 6.42 Å². The second-order valence-electron chi connectivity index (χ2n) is 5.32. The van der Waals surface area contributed by atoms with E-state index in [0.717, 1.165) is 32.7 Å². The summed E-state index contributed by atoms with van der Waals surface area (Å²) in [5.74, 6) is 0. The zero-order chi connectivity index (χ0) is 13.7. The molecule has 0 fully saturated rings. The van der Waals surface area contributed by atoms with Gasteiger partial charge in [0.05, 0.1) is 6.10 Å². The highest BCUT2D eigenvalue weighted by atomic mass is 16.3. The van der Waals surface area contributed by atoms with Gasteiger partial charge in [0.25, 0.3) is 0 Å². The second kappa shape index (κ2) is 6.92. The van der Waals surface area contributed by atoms with Gasteiger partial charge in [-0.3, -0.25) is 0 Å². The largest absolute Gasteiger partial charge is 0.390 e. The van der Waals surface area contributed by atoms with Crippen LogP contribution in [0.2, 0.25) is 0 Å². The fraction of sp³-hybridized carbons (Fsp3) is 0.625. The Labute approximate surface area is 116 Å². The summed E-state index contributed by atoms with van der Waals surface area (Å²) in [7, 11) is 0. The van der Waals surface area contributed by atoms with Gasteiger partial charge in [-0.25, -0.2) is 0 Å². The van der Waals surface area contributed by atoms with Crippen LogP contribution in [0.15, 0.2) is 24.3 Å². The van der Waals surface area contributed by atoms with Crippen molar-refractivity contribution in [2.24, 2.45) is 0 Å². The molecule has 0 aromatic heterocycles. The molecule has 0 bridgehead atoms. The van der Waals surface area contributed by atoms with Crippen molar-refractivity contribution in [3.63, 3.8) is 0 Å². The highest BCUT2D eigenvalue weighted by Gasteiger charge is 2.19. The average molecular weight is 262 g/mol. The summed E-state index contributed by atoms with van der Waals surface area (Å²) in [6, 6.07) is 8.58. The Morgan fingerprint density at radius 1 is 1.26 bits per heavy atom. The topological polar surface area (TPSA) is 26.7 Å². The summed E-state index contributed by atoms with van der Waals surface area (Å²) < 4.78 is 0. The lowest BCUT2D eigenvalue weighted by Crippen LogP contribution is -2.42. The number of benzene rings is 1. The molecule has 1 heterocycles. The fourth-order valence-electron chi connectivity index (χ4n) is 2.89. The Morgan fingerprint density at radius 3 is 2.74 bits per heavy atom. The normalized spacial score (nSPS) is 16.5. The van der Waals surface area contributed by atoms with Gasteiger partial charge < -0.3 is 14.9 Å². The lowest BCUT2D eigenvalue weighted by molar-refractivity contribution is 0.122. The molecular weight excluding hydrogens is 236 g/mol. The third kappa shape index (κ3) is 3.71. The average Bonchev–Trinajstić information content (AvgIpc) is 2.45. The van der Waals surface area contributed by atoms with Crippen molar-refractivity contribution >= 4 is 5.69 Å². The minimum atomic E-state index is -0.272. The standard InChI is InChI=1S/C16H26N2O/c1-3-17(4-2)12-15(19)13-18-11-7-9-14-8-5-6-10-16(14)18/h5-6,8,10,15,19H,3-4,7,9,11-13H2,1-2H3. The van der Waals surface area contributed by atoms with Gasteiger partial charge in [-0.2, -0.15) is 0 Å². The van der Waals surface area contributed by atoms with Crippen LogP contribution in [0.1, 0.15) is 25.8 Å². The van der Waals surface area contributed by atoms with E-state index in [0.29, 0.717) is 0 Å². The van der Waals surface area contributed by atoms with Crippen molar-refractivity contribution in [1.82, 2.24) is 4.90 Å². The third-order valence-corrected chi connectivity index (χ3v) is 4.00. The van der Waals surface area contributed by atoms with E-state index in [9.17, 15) is 5.11 Å². The van der Waals surface area contributed by atoms with Gasteiger partial charge in [0.2, 0.25) is 0 Å². The summed E-state index contributed by atoms with van der Waals surface area (Å²) in [4.78, 5) is 4.62. The molecule has 0 aliphatic carbocycles. The quantitative estimate of drug-likeness (QED) is 0.851. The molecule has 1 aliphatic rings. The van der Waals surface area contributed by atoms with E-state index < -0.39 is 0 Å². The molecule has 0 spiro atoms. The molecule has 0 radical (unpaired) electrons. The molecule has 2 rings (SSSR count). The lowest BCUT2D eigenvalue weighted by atomic mass is 10.0. The molecule has 1 aromatic carbocycles. The Hall–Kier alpha value is -1.06. The van der Waals surface area contributed by atoms with Crippen LogP contribution in [0, 0.1) is 0 Å². The molecule has 0 saturated carbocycles. The van der Waals surface area contributed by atoms with Crippen molar-refractivity contribution < 1.29 is 5.11 Å². The zero-order valence-electron chi connectivity index (χ0n) is 12.2. The molecule has 1 aliphatic heterocycles. The number of aliphatic hydroxyl groups is 1. The Kier molecular flexibility index (Phi) is 5.23. The van der Waals surface area contributed by atoms with E-state index in [2.05, 4.69) is 47.9 Å². The third-order valence-electron chi connectivity index (χ3n) is 4.00. The number of β-amino-alcohol motifs (C(OH)–C–C–N with tert-alkyl or cyclic N) is 1. The first-order chi connectivity index (χ1) is 9.24. The van der Waals surface area contributed by atoms with Crippen LogP contribution in [0.5, 0.6) is 0 Å². The van der Waals surface area contributed by atoms with Crippen molar-refractivity contribution in [1.29, 1.82) is 0 Å². The van der Waals surface area contributed by atoms with Gasteiger partial charge in [0, 0.05) is 25.3 Å². The number of fused-ring (bicyclic) bond motifs is 1. The molecular formula is C16H26N2O. The van der Waals surface area contributed by atoms with Crippen LogP contribution in [0.3, 0.4) is 0 Å². The van der Waals surface area contributed by atoms with Crippen molar-refractivity contribution in [2.45, 2.75) is 32.8 Å². The summed E-state index contributed by atoms with van der Waals surface area (Å²) in [5, 5.41) is 10.3. The first-order valence-electron chi connectivity index (χ1n) is 7.47. The number of aliphatic hydroxyl groups excluding tert-OH is 1. The Morgan fingerprint density at radius 2 is 2.00 bits per heavy atom. The molecule has 1 aromatic rings. The van der Waals surface area contributed by atoms with Crippen LogP contribution < -0.4 is 4.90 Å². The monoisotopic (exact) mass is 262 g/mol. The summed E-state index contributed by atoms with van der Waals surface area (Å²) in [6.07, 6.45) is 2.08. The fourth-order valence-corrected chi connectivity index (χ4v) is 2.89. The van der Waals surface area contributed by atoms with E-state index in [1.165, 1.54) is 24.1 Å². The molecule has 3 heteroatoms. The van der Waals surface area contributed by atoms with Crippen molar-refractivity contribution in [3.05, 3.63) is 29.8 Å². The van der Waals surface area contributed by atoms with Crippen LogP contribution in [0.4, 0.5) is 5.69 Å². The SMILES string of the molecule is CCN(CC)CC(O)CN1CCCc2ccccc21. The minimum absolute atomic E-state index is 0.272. The molecule has 3 nitrogen and oxygen atoms in total. The number of hydrogen-bond donors (Lipinski definition) is 1. The molecule has 0 amide bonds. The molecule has 1 unspecified atom stereocenters. The Balaban J connectivity index is 1.96. The first-order valence-corrected chi connectivity index (χ1v) is 7.47. The van der Waals surface area contributed by atoms with E-state index in [4.69, 9.17) is 0 Å². The predicted octanol–water partition coefficient (Wildman–Crippen LogP) is 2.14. The second-order valence-corrected chi connectivity index (χ2v) is 5.32. The highest BCUT2D eigenvalue weighted by molar-refractivity contribution is 5.55. The number of likely N-dealkylation sites (N-methyl/N-ethyl adjacent to an activating group) is 1. The van der Waals surface area contributed by atoms with E-state index in [1.807, 2.05) is 0 Å². The summed E-state index contributed by atoms with van der Waals surface area (Å²) >= 11 is 0. The Bertz CT molecular complexity index is 390. The molecule has 1 atom stereocenters. The maximum atomic E-state index is 10.3. The maximum absolute atomic E-state index is 10.3.